The molecule has 0 radical (unpaired) electrons. The summed E-state index contributed by atoms with van der Waals surface area (Å²) in [6, 6.07) is 9.65. The zero-order chi connectivity index (χ0) is 39.0. The number of carboxylic acids is 1. The first-order valence-electron chi connectivity index (χ1n) is 20.2. The molecule has 56 heavy (non-hydrogen) atoms. The molecule has 5 aliphatic carbocycles. The van der Waals surface area contributed by atoms with Crippen LogP contribution in [0, 0.1) is 29.1 Å². The number of hydrogen-bond acceptors (Lipinski definition) is 9. The van der Waals surface area contributed by atoms with Gasteiger partial charge in [0.25, 0.3) is 5.91 Å². The number of anilines is 1. The average Bonchev–Trinajstić information content (AvgIpc) is 3.72. The van der Waals surface area contributed by atoms with E-state index in [1.807, 2.05) is 49.7 Å². The molecule has 12 heteroatoms. The van der Waals surface area contributed by atoms with Gasteiger partial charge >= 0.3 is 5.97 Å². The normalized spacial score (nSPS) is 31.2. The van der Waals surface area contributed by atoms with Crippen LogP contribution in [-0.4, -0.2) is 74.5 Å². The predicted octanol–water partition coefficient (Wildman–Crippen LogP) is 7.16. The number of likely N-dealkylation sites (N-methyl/N-ethyl adjacent to an activating group) is 1. The lowest BCUT2D eigenvalue weighted by Gasteiger charge is -2.69. The van der Waals surface area contributed by atoms with Gasteiger partial charge in [-0.1, -0.05) is 56.8 Å². The van der Waals surface area contributed by atoms with Crippen LogP contribution in [0.3, 0.4) is 0 Å². The summed E-state index contributed by atoms with van der Waals surface area (Å²) >= 11 is 1.59. The lowest BCUT2D eigenvalue weighted by atomic mass is 9.39. The highest BCUT2D eigenvalue weighted by Gasteiger charge is 2.66. The molecule has 0 saturated heterocycles. The molecule has 11 nitrogen and oxygen atoms in total. The standard InChI is InChI=1S/C44H53N7O4S/c1-27-8-6-11-34-37(27)56-40(47-34)49-38(52)31-10-7-9-29-14-16-50(19-33(29)31)35-13-12-30(36(48-35)39(53)54)32-18-46-51(28(32)2)26-43-21-41(3)20-42(4,22-43)24-44(23-41,25-43)55-17-15-45-5/h6-13,18,27,37,45H,14-17,19-26H2,1-5H3,(H,53,54)(H,47,49,52). The topological polar surface area (TPSA) is 134 Å². The number of amides is 1. The number of ether oxygens (including phenoxy) is 1. The summed E-state index contributed by atoms with van der Waals surface area (Å²) in [6.45, 7) is 12.6. The van der Waals surface area contributed by atoms with Gasteiger partial charge in [0, 0.05) is 48.6 Å². The van der Waals surface area contributed by atoms with Gasteiger partial charge in [-0.05, 0) is 116 Å². The third kappa shape index (κ3) is 6.61. The van der Waals surface area contributed by atoms with E-state index in [2.05, 4.69) is 60.1 Å². The van der Waals surface area contributed by atoms with Crippen LogP contribution in [0.25, 0.3) is 11.1 Å². The van der Waals surface area contributed by atoms with E-state index in [1.165, 1.54) is 6.42 Å². The minimum atomic E-state index is -1.08. The van der Waals surface area contributed by atoms with Gasteiger partial charge in [0.1, 0.15) is 5.82 Å². The maximum Gasteiger partial charge on any atom is 0.355 e. The van der Waals surface area contributed by atoms with Gasteiger partial charge in [-0.25, -0.2) is 14.8 Å². The molecule has 2 aromatic heterocycles. The molecule has 3 aromatic rings. The fourth-order valence-electron chi connectivity index (χ4n) is 12.3. The molecular weight excluding hydrogens is 723 g/mol. The van der Waals surface area contributed by atoms with Crippen molar-refractivity contribution in [3.63, 3.8) is 0 Å². The van der Waals surface area contributed by atoms with Gasteiger partial charge in [0.15, 0.2) is 10.9 Å². The van der Waals surface area contributed by atoms with Crippen LogP contribution in [0.5, 0.6) is 0 Å². The van der Waals surface area contributed by atoms with E-state index < -0.39 is 5.97 Å². The molecule has 1 amide bonds. The van der Waals surface area contributed by atoms with E-state index in [0.717, 1.165) is 79.9 Å². The van der Waals surface area contributed by atoms with Gasteiger partial charge < -0.3 is 25.4 Å². The van der Waals surface area contributed by atoms with Crippen molar-refractivity contribution in [2.45, 2.75) is 96.6 Å². The second kappa shape index (κ2) is 13.7. The Kier molecular flexibility index (Phi) is 9.13. The highest BCUT2D eigenvalue weighted by atomic mass is 32.2. The number of aromatic nitrogens is 3. The number of aliphatic imine (C=N–C) groups is 1. The van der Waals surface area contributed by atoms with Crippen LogP contribution >= 0.6 is 11.8 Å². The number of carbonyl (C=O) groups is 2. The molecule has 10 rings (SSSR count). The number of nitrogens with one attached hydrogen (secondary N) is 2. The van der Waals surface area contributed by atoms with Crippen LogP contribution in [0.1, 0.15) is 97.0 Å². The minimum absolute atomic E-state index is 0.00412. The number of carbonyl (C=O) groups excluding carboxylic acids is 1. The van der Waals surface area contributed by atoms with Gasteiger partial charge in [-0.15, -0.1) is 0 Å². The van der Waals surface area contributed by atoms with E-state index in [1.54, 1.807) is 11.8 Å². The maximum atomic E-state index is 13.7. The first kappa shape index (κ1) is 37.3. The number of aromatic carboxylic acids is 1. The number of thioether (sulfide) groups is 1. The van der Waals surface area contributed by atoms with Crippen molar-refractivity contribution in [1.82, 2.24) is 25.4 Å². The molecule has 2 aliphatic heterocycles. The number of carboxylic acid groups (broad SMARTS) is 1. The van der Waals surface area contributed by atoms with Crippen molar-refractivity contribution >= 4 is 34.6 Å². The Hall–Kier alpha value is -4.26. The fourth-order valence-corrected chi connectivity index (χ4v) is 13.4. The first-order chi connectivity index (χ1) is 26.8. The van der Waals surface area contributed by atoms with E-state index in [9.17, 15) is 14.7 Å². The largest absolute Gasteiger partial charge is 0.476 e. The molecule has 4 bridgehead atoms. The van der Waals surface area contributed by atoms with Crippen LogP contribution in [0.4, 0.5) is 5.82 Å². The molecule has 4 heterocycles. The van der Waals surface area contributed by atoms with Crippen LogP contribution in [0.2, 0.25) is 0 Å². The average molecular weight is 776 g/mol. The molecule has 4 fully saturated rings. The molecular formula is C44H53N7O4S. The number of pyridine rings is 1. The second-order valence-electron chi connectivity index (χ2n) is 18.3. The van der Waals surface area contributed by atoms with Crippen molar-refractivity contribution in [2.24, 2.45) is 27.2 Å². The monoisotopic (exact) mass is 775 g/mol. The van der Waals surface area contributed by atoms with E-state index in [-0.39, 0.29) is 38.7 Å². The first-order valence-corrected chi connectivity index (χ1v) is 21.0. The van der Waals surface area contributed by atoms with Gasteiger partial charge in [-0.2, -0.15) is 5.10 Å². The maximum absolute atomic E-state index is 13.7. The van der Waals surface area contributed by atoms with E-state index in [0.29, 0.717) is 47.5 Å². The number of allylic oxidation sites excluding steroid dienone is 3. The highest BCUT2D eigenvalue weighted by Crippen LogP contribution is 2.72. The van der Waals surface area contributed by atoms with Gasteiger partial charge in [0.2, 0.25) is 0 Å². The lowest BCUT2D eigenvalue weighted by Crippen LogP contribution is -2.64. The van der Waals surface area contributed by atoms with Crippen molar-refractivity contribution in [1.29, 1.82) is 0 Å². The van der Waals surface area contributed by atoms with Crippen molar-refractivity contribution < 1.29 is 19.4 Å². The van der Waals surface area contributed by atoms with Crippen LogP contribution < -0.4 is 15.5 Å². The molecule has 7 aliphatic rings. The van der Waals surface area contributed by atoms with E-state index >= 15 is 0 Å². The minimum Gasteiger partial charge on any atom is -0.476 e. The van der Waals surface area contributed by atoms with Gasteiger partial charge in [-0.3, -0.25) is 9.48 Å². The third-order valence-corrected chi connectivity index (χ3v) is 14.7. The summed E-state index contributed by atoms with van der Waals surface area (Å²) in [5.41, 5.74) is 6.36. The smallest absolute Gasteiger partial charge is 0.355 e. The SMILES string of the molecule is CNCCOC12CC3(C)CC(C)(CC(Cn4ncc(-c5ccc(N6CCc7cccc(C(=O)NC8=NC9=CC=CC(C)C9S8)c7C6)nc5C(=O)O)c4C)(C3)C1)C2. The lowest BCUT2D eigenvalue weighted by molar-refractivity contribution is -0.247. The van der Waals surface area contributed by atoms with Gasteiger partial charge in [0.05, 0.1) is 29.4 Å². The molecule has 1 aromatic carbocycles. The second-order valence-corrected chi connectivity index (χ2v) is 19.5. The number of hydrogen-bond donors (Lipinski definition) is 3. The zero-order valence-corrected chi connectivity index (χ0v) is 34.0. The molecule has 4 atom stereocenters. The Morgan fingerprint density at radius 1 is 1.05 bits per heavy atom. The Balaban J connectivity index is 0.949. The van der Waals surface area contributed by atoms with Crippen molar-refractivity contribution in [3.8, 4) is 11.1 Å². The number of benzene rings is 1. The van der Waals surface area contributed by atoms with Crippen LogP contribution in [0.15, 0.2) is 65.4 Å². The molecule has 4 saturated carbocycles. The zero-order valence-electron chi connectivity index (χ0n) is 33.2. The van der Waals surface area contributed by atoms with Crippen molar-refractivity contribution in [2.75, 3.05) is 31.6 Å². The molecule has 4 unspecified atom stereocenters. The Morgan fingerprint density at radius 2 is 1.86 bits per heavy atom. The Labute approximate surface area is 333 Å². The quantitative estimate of drug-likeness (QED) is 0.184. The summed E-state index contributed by atoms with van der Waals surface area (Å²) in [5, 5.41) is 22.6. The predicted molar refractivity (Wildman–Crippen MR) is 220 cm³/mol. The molecule has 3 N–H and O–H groups in total. The number of amidine groups is 1. The molecule has 294 valence electrons. The summed E-state index contributed by atoms with van der Waals surface area (Å²) < 4.78 is 8.88. The number of nitrogens with zero attached hydrogens (tertiary/aromatic N) is 5. The van der Waals surface area contributed by atoms with E-state index in [4.69, 9.17) is 19.8 Å². The number of fused-ring (bicyclic) bond motifs is 2. The van der Waals surface area contributed by atoms with Crippen LogP contribution in [-0.2, 0) is 24.2 Å². The summed E-state index contributed by atoms with van der Waals surface area (Å²) in [7, 11) is 1.97. The summed E-state index contributed by atoms with van der Waals surface area (Å²) in [5.74, 6) is -0.357. The summed E-state index contributed by atoms with van der Waals surface area (Å²) in [6.07, 6.45) is 15.6. The Bertz CT molecular complexity index is 2190. The van der Waals surface area contributed by atoms with Crippen molar-refractivity contribution in [3.05, 3.63) is 88.5 Å². The highest BCUT2D eigenvalue weighted by molar-refractivity contribution is 8.14. The number of rotatable bonds is 10. The fraction of sp³-hybridized carbons (Fsp3) is 0.523. The Morgan fingerprint density at radius 3 is 2.61 bits per heavy atom. The summed E-state index contributed by atoms with van der Waals surface area (Å²) in [4.78, 5) is 38.2. The third-order valence-electron chi connectivity index (χ3n) is 13.4. The molecule has 0 spiro atoms.